The van der Waals surface area contributed by atoms with Gasteiger partial charge in [0.05, 0.1) is 28.2 Å². The van der Waals surface area contributed by atoms with Gasteiger partial charge in [-0.15, -0.1) is 5.10 Å². The van der Waals surface area contributed by atoms with Gasteiger partial charge in [-0.05, 0) is 40.4 Å². The van der Waals surface area contributed by atoms with Gasteiger partial charge in [0, 0.05) is 24.1 Å². The number of hydrogen-bond donors (Lipinski definition) is 0. The minimum Gasteiger partial charge on any atom is -0.460 e. The molecule has 12 nitrogen and oxygen atoms in total. The molecule has 0 radical (unpaired) electrons. The number of esters is 1. The molecule has 0 saturated carbocycles. The number of hydrogen-bond acceptors (Lipinski definition) is 10. The minimum atomic E-state index is -0.845. The van der Waals surface area contributed by atoms with Crippen LogP contribution in [0.25, 0.3) is 0 Å². The molecule has 0 atom stereocenters. The molecule has 0 N–H and O–H groups in total. The number of ether oxygens (including phenoxy) is 1. The van der Waals surface area contributed by atoms with E-state index in [-0.39, 0.29) is 24.4 Å². The Hall–Kier alpha value is -4.13. The zero-order valence-electron chi connectivity index (χ0n) is 16.5. The third-order valence-corrected chi connectivity index (χ3v) is 5.71. The number of nitro benzene ring substituents is 1. The van der Waals surface area contributed by atoms with E-state index in [1.807, 2.05) is 0 Å². The number of carbonyl (C=O) groups is 3. The molecule has 1 aliphatic heterocycles. The summed E-state index contributed by atoms with van der Waals surface area (Å²) in [6, 6.07) is 10.2. The fraction of sp³-hybridized carbons (Fsp3) is 0.158. The smallest absolute Gasteiger partial charge is 0.339 e. The lowest BCUT2D eigenvalue weighted by Crippen LogP contribution is -2.33. The van der Waals surface area contributed by atoms with Crippen LogP contribution >= 0.6 is 11.8 Å². The number of nitro groups is 1. The van der Waals surface area contributed by atoms with Gasteiger partial charge >= 0.3 is 5.97 Å². The van der Waals surface area contributed by atoms with Crippen LogP contribution < -0.4 is 0 Å². The first-order valence-electron chi connectivity index (χ1n) is 9.18. The summed E-state index contributed by atoms with van der Waals surface area (Å²) < 4.78 is 6.61. The highest BCUT2D eigenvalue weighted by molar-refractivity contribution is 7.99. The van der Waals surface area contributed by atoms with Crippen LogP contribution in [0.15, 0.2) is 52.5 Å². The van der Waals surface area contributed by atoms with Crippen molar-refractivity contribution in [2.24, 2.45) is 7.05 Å². The van der Waals surface area contributed by atoms with Crippen molar-refractivity contribution in [2.75, 3.05) is 13.2 Å². The number of aromatic nitrogens is 4. The number of tetrazole rings is 1. The Balaban J connectivity index is 1.48. The highest BCUT2D eigenvalue weighted by Gasteiger charge is 2.35. The van der Waals surface area contributed by atoms with Crippen LogP contribution in [0.4, 0.5) is 5.69 Å². The number of benzene rings is 2. The van der Waals surface area contributed by atoms with E-state index < -0.39 is 22.7 Å². The van der Waals surface area contributed by atoms with Crippen LogP contribution in [0.1, 0.15) is 31.1 Å². The molecule has 4 rings (SSSR count). The topological polar surface area (TPSA) is 150 Å². The molecule has 0 saturated heterocycles. The molecule has 2 heterocycles. The van der Waals surface area contributed by atoms with Crippen molar-refractivity contribution in [3.8, 4) is 0 Å². The number of nitrogens with zero attached hydrogens (tertiary/aromatic N) is 6. The molecule has 13 heteroatoms. The zero-order valence-corrected chi connectivity index (χ0v) is 17.3. The van der Waals surface area contributed by atoms with E-state index in [0.717, 1.165) is 22.7 Å². The summed E-state index contributed by atoms with van der Waals surface area (Å²) in [5.41, 5.74) is 0.226. The number of non-ortho nitro benzene ring substituents is 1. The summed E-state index contributed by atoms with van der Waals surface area (Å²) in [6.07, 6.45) is 0. The van der Waals surface area contributed by atoms with Gasteiger partial charge < -0.3 is 4.74 Å². The van der Waals surface area contributed by atoms with Crippen molar-refractivity contribution in [1.82, 2.24) is 25.1 Å². The summed E-state index contributed by atoms with van der Waals surface area (Å²) in [5, 5.41) is 22.5. The molecule has 0 unspecified atom stereocenters. The number of aryl methyl sites for hydroxylation is 1. The summed E-state index contributed by atoms with van der Waals surface area (Å²) in [4.78, 5) is 49.4. The average Bonchev–Trinajstić information content (AvgIpc) is 3.29. The summed E-state index contributed by atoms with van der Waals surface area (Å²) in [7, 11) is 1.60. The molecule has 2 aromatic carbocycles. The zero-order chi connectivity index (χ0) is 22.8. The fourth-order valence-corrected chi connectivity index (χ4v) is 3.87. The molecule has 32 heavy (non-hydrogen) atoms. The molecular weight excluding hydrogens is 440 g/mol. The molecule has 2 amide bonds. The first kappa shape index (κ1) is 21.1. The van der Waals surface area contributed by atoms with E-state index in [2.05, 4.69) is 15.5 Å². The Labute approximate surface area is 184 Å². The molecule has 1 aromatic heterocycles. The third kappa shape index (κ3) is 3.92. The molecule has 0 fully saturated rings. The lowest BCUT2D eigenvalue weighted by molar-refractivity contribution is -0.384. The van der Waals surface area contributed by atoms with Crippen LogP contribution in [0.2, 0.25) is 0 Å². The Bertz CT molecular complexity index is 1220. The van der Waals surface area contributed by atoms with Crippen molar-refractivity contribution in [3.63, 3.8) is 0 Å². The molecule has 1 aliphatic rings. The quantitative estimate of drug-likeness (QED) is 0.223. The molecule has 162 valence electrons. The van der Waals surface area contributed by atoms with E-state index in [4.69, 9.17) is 4.74 Å². The van der Waals surface area contributed by atoms with Gasteiger partial charge in [-0.1, -0.05) is 12.1 Å². The second-order valence-electron chi connectivity index (χ2n) is 6.57. The van der Waals surface area contributed by atoms with Gasteiger partial charge in [0.15, 0.2) is 0 Å². The SMILES string of the molecule is Cn1nnnc1Sc1ccc([N+](=O)[O-])cc1C(=O)OCCN1C(=O)c2ccccc2C1=O. The number of amides is 2. The van der Waals surface area contributed by atoms with E-state index in [1.165, 1.54) is 16.8 Å². The lowest BCUT2D eigenvalue weighted by Gasteiger charge is -2.14. The Morgan fingerprint density at radius 3 is 2.44 bits per heavy atom. The number of carbonyl (C=O) groups excluding carboxylic acids is 3. The van der Waals surface area contributed by atoms with Crippen molar-refractivity contribution in [2.45, 2.75) is 10.1 Å². The highest BCUT2D eigenvalue weighted by Crippen LogP contribution is 2.31. The molecule has 0 aliphatic carbocycles. The van der Waals surface area contributed by atoms with E-state index in [1.54, 1.807) is 31.3 Å². The normalized spacial score (nSPS) is 12.7. The van der Waals surface area contributed by atoms with Crippen LogP contribution in [-0.2, 0) is 11.8 Å². The van der Waals surface area contributed by atoms with Crippen molar-refractivity contribution >= 4 is 35.2 Å². The van der Waals surface area contributed by atoms with E-state index in [0.29, 0.717) is 21.2 Å². The lowest BCUT2D eigenvalue weighted by atomic mass is 10.1. The maximum atomic E-state index is 12.7. The maximum absolute atomic E-state index is 12.7. The van der Waals surface area contributed by atoms with Crippen molar-refractivity contribution in [1.29, 1.82) is 0 Å². The third-order valence-electron chi connectivity index (χ3n) is 4.60. The van der Waals surface area contributed by atoms with Crippen LogP contribution in [0, 0.1) is 10.1 Å². The molecular formula is C19H14N6O6S. The monoisotopic (exact) mass is 454 g/mol. The van der Waals surface area contributed by atoms with E-state index in [9.17, 15) is 24.5 Å². The summed E-state index contributed by atoms with van der Waals surface area (Å²) >= 11 is 1.03. The predicted molar refractivity (Wildman–Crippen MR) is 108 cm³/mol. The molecule has 0 spiro atoms. The number of rotatable bonds is 7. The Kier molecular flexibility index (Phi) is 5.64. The standard InChI is InChI=1S/C19H14N6O6S/c1-23-19(20-21-22-23)32-15-7-6-11(25(29)30)10-14(15)18(28)31-9-8-24-16(26)12-4-2-3-5-13(12)17(24)27/h2-7,10H,8-9H2,1H3. The van der Waals surface area contributed by atoms with Crippen molar-refractivity contribution in [3.05, 3.63) is 69.3 Å². The first-order chi connectivity index (χ1) is 15.4. The van der Waals surface area contributed by atoms with Gasteiger partial charge in [0.1, 0.15) is 6.61 Å². The fourth-order valence-electron chi connectivity index (χ4n) is 3.04. The second kappa shape index (κ2) is 8.55. The van der Waals surface area contributed by atoms with Gasteiger partial charge in [0.2, 0.25) is 5.16 Å². The Morgan fingerprint density at radius 1 is 1.16 bits per heavy atom. The van der Waals surface area contributed by atoms with Gasteiger partial charge in [-0.2, -0.15) is 0 Å². The van der Waals surface area contributed by atoms with E-state index >= 15 is 0 Å². The average molecular weight is 454 g/mol. The molecule has 3 aromatic rings. The maximum Gasteiger partial charge on any atom is 0.339 e. The van der Waals surface area contributed by atoms with Gasteiger partial charge in [-0.3, -0.25) is 24.6 Å². The first-order valence-corrected chi connectivity index (χ1v) is 9.99. The Morgan fingerprint density at radius 2 is 1.84 bits per heavy atom. The number of fused-ring (bicyclic) bond motifs is 1. The van der Waals surface area contributed by atoms with Gasteiger partial charge in [-0.25, -0.2) is 9.48 Å². The second-order valence-corrected chi connectivity index (χ2v) is 7.58. The van der Waals surface area contributed by atoms with Gasteiger partial charge in [0.25, 0.3) is 17.5 Å². The number of imide groups is 1. The largest absolute Gasteiger partial charge is 0.460 e. The van der Waals surface area contributed by atoms with Crippen LogP contribution in [-0.4, -0.2) is 61.0 Å². The summed E-state index contributed by atoms with van der Waals surface area (Å²) in [5.74, 6) is -1.78. The highest BCUT2D eigenvalue weighted by atomic mass is 32.2. The predicted octanol–water partition coefficient (Wildman–Crippen LogP) is 1.72. The van der Waals surface area contributed by atoms with Crippen molar-refractivity contribution < 1.29 is 24.0 Å². The minimum absolute atomic E-state index is 0.0606. The van der Waals surface area contributed by atoms with Crippen LogP contribution in [0.3, 0.4) is 0 Å². The summed E-state index contributed by atoms with van der Waals surface area (Å²) in [6.45, 7) is -0.425. The molecule has 0 bridgehead atoms. The van der Waals surface area contributed by atoms with Crippen LogP contribution in [0.5, 0.6) is 0 Å².